The molecular weight excluding hydrogens is 460 g/mol. The average Bonchev–Trinajstić information content (AvgIpc) is 2.89. The summed E-state index contributed by atoms with van der Waals surface area (Å²) in [6.07, 6.45) is 10.1. The van der Waals surface area contributed by atoms with E-state index in [1.807, 2.05) is 25.2 Å². The van der Waals surface area contributed by atoms with Gasteiger partial charge >= 0.3 is 0 Å². The zero-order valence-electron chi connectivity index (χ0n) is 24.0. The van der Waals surface area contributed by atoms with Gasteiger partial charge in [0.15, 0.2) is 0 Å². The lowest BCUT2D eigenvalue weighted by molar-refractivity contribution is 0.0132. The number of aliphatic hydroxyl groups excluding tert-OH is 1. The molecule has 2 aromatic carbocycles. The molecule has 2 rings (SSSR count). The van der Waals surface area contributed by atoms with Crippen molar-refractivity contribution >= 4 is 0 Å². The number of aryl methyl sites for hydroxylation is 3. The smallest absolute Gasteiger partial charge is 0.0802 e. The fraction of sp³-hybridized carbons (Fsp3) is 0.625. The van der Waals surface area contributed by atoms with Crippen LogP contribution in [0.4, 0.5) is 0 Å². The van der Waals surface area contributed by atoms with Crippen molar-refractivity contribution in [1.29, 1.82) is 0 Å². The van der Waals surface area contributed by atoms with Crippen LogP contribution < -0.4 is 11.1 Å². The third-order valence-electron chi connectivity index (χ3n) is 6.78. The van der Waals surface area contributed by atoms with Gasteiger partial charge in [-0.05, 0) is 100 Å². The first-order valence-electron chi connectivity index (χ1n) is 14.3. The van der Waals surface area contributed by atoms with Crippen LogP contribution in [0.25, 0.3) is 0 Å². The van der Waals surface area contributed by atoms with Crippen LogP contribution in [-0.2, 0) is 24.0 Å². The normalized spacial score (nSPS) is 12.2. The van der Waals surface area contributed by atoms with Crippen LogP contribution in [0.5, 0.6) is 0 Å². The van der Waals surface area contributed by atoms with Gasteiger partial charge in [0.25, 0.3) is 0 Å². The predicted octanol–water partition coefficient (Wildman–Crippen LogP) is 5.75. The maximum absolute atomic E-state index is 10.7. The van der Waals surface area contributed by atoms with Crippen molar-refractivity contribution in [3.63, 3.8) is 0 Å². The van der Waals surface area contributed by atoms with E-state index in [-0.39, 0.29) is 0 Å². The molecule has 0 amide bonds. The molecule has 0 aromatic heterocycles. The molecule has 0 saturated carbocycles. The monoisotopic (exact) mass is 514 g/mol. The number of aliphatic hydroxyl groups is 2. The first-order valence-corrected chi connectivity index (χ1v) is 14.3. The molecule has 210 valence electrons. The summed E-state index contributed by atoms with van der Waals surface area (Å²) in [5.41, 5.74) is 9.93. The Morgan fingerprint density at radius 2 is 1.49 bits per heavy atom. The lowest BCUT2D eigenvalue weighted by atomic mass is 9.86. The topological polar surface area (TPSA) is 87.7 Å². The van der Waals surface area contributed by atoms with Crippen molar-refractivity contribution in [3.8, 4) is 0 Å². The highest BCUT2D eigenvalue weighted by Gasteiger charge is 2.24. The van der Waals surface area contributed by atoms with Gasteiger partial charge in [-0.25, -0.2) is 0 Å². The first-order chi connectivity index (χ1) is 17.9. The highest BCUT2D eigenvalue weighted by molar-refractivity contribution is 5.26. The molecule has 1 unspecified atom stereocenters. The Bertz CT molecular complexity index is 796. The third-order valence-corrected chi connectivity index (χ3v) is 6.78. The van der Waals surface area contributed by atoms with Gasteiger partial charge < -0.3 is 26.0 Å². The van der Waals surface area contributed by atoms with E-state index in [9.17, 15) is 10.2 Å². The number of nitrogens with one attached hydrogen (secondary N) is 1. The van der Waals surface area contributed by atoms with Crippen LogP contribution in [0.1, 0.15) is 93.6 Å². The van der Waals surface area contributed by atoms with Crippen molar-refractivity contribution in [2.45, 2.75) is 96.2 Å². The molecule has 37 heavy (non-hydrogen) atoms. The number of rotatable bonds is 18. The standard InChI is InChI=1S/C18H31NO2.C14H23NO/c1-3-10-18(21,11-4-2)12-8-15-6-5-7-16(14-15)17(20)9-13-19;1-15-10-4-8-13-6-3-7-14(12-13)9-5-11-16-2/h5-7,14,17,20-21H,3-4,8-13,19H2,1-2H3;3,6-7,12,15H,4-5,8-11H2,1-2H3. The molecule has 0 heterocycles. The molecule has 0 aliphatic carbocycles. The van der Waals surface area contributed by atoms with Crippen molar-refractivity contribution in [3.05, 3.63) is 70.8 Å². The molecule has 0 aliphatic rings. The second-order valence-corrected chi connectivity index (χ2v) is 10.2. The van der Waals surface area contributed by atoms with Crippen molar-refractivity contribution < 1.29 is 14.9 Å². The predicted molar refractivity (Wildman–Crippen MR) is 157 cm³/mol. The fourth-order valence-corrected chi connectivity index (χ4v) is 4.79. The Hall–Kier alpha value is -1.76. The van der Waals surface area contributed by atoms with Gasteiger partial charge in [0.1, 0.15) is 0 Å². The molecule has 0 radical (unpaired) electrons. The molecule has 1 atom stereocenters. The average molecular weight is 515 g/mol. The molecule has 2 aromatic rings. The van der Waals surface area contributed by atoms with Crippen LogP contribution in [0, 0.1) is 0 Å². The van der Waals surface area contributed by atoms with Crippen LogP contribution in [0.3, 0.4) is 0 Å². The van der Waals surface area contributed by atoms with Gasteiger partial charge in [0.05, 0.1) is 11.7 Å². The minimum absolute atomic E-state index is 0.484. The summed E-state index contributed by atoms with van der Waals surface area (Å²) in [5, 5.41) is 23.9. The molecule has 0 fully saturated rings. The molecule has 5 N–H and O–H groups in total. The summed E-state index contributed by atoms with van der Waals surface area (Å²) in [4.78, 5) is 0. The molecule has 0 aliphatic heterocycles. The third kappa shape index (κ3) is 14.7. The van der Waals surface area contributed by atoms with Crippen LogP contribution >= 0.6 is 0 Å². The van der Waals surface area contributed by atoms with E-state index in [2.05, 4.69) is 49.5 Å². The van der Waals surface area contributed by atoms with Crippen molar-refractivity contribution in [2.75, 3.05) is 33.9 Å². The van der Waals surface area contributed by atoms with Gasteiger partial charge in [-0.1, -0.05) is 75.2 Å². The second-order valence-electron chi connectivity index (χ2n) is 10.2. The highest BCUT2D eigenvalue weighted by atomic mass is 16.5. The zero-order chi connectivity index (χ0) is 27.4. The summed E-state index contributed by atoms with van der Waals surface area (Å²) >= 11 is 0. The summed E-state index contributed by atoms with van der Waals surface area (Å²) in [6, 6.07) is 16.9. The fourth-order valence-electron chi connectivity index (χ4n) is 4.79. The maximum Gasteiger partial charge on any atom is 0.0802 e. The van der Waals surface area contributed by atoms with Gasteiger partial charge in [-0.3, -0.25) is 0 Å². The number of hydrogen-bond acceptors (Lipinski definition) is 5. The van der Waals surface area contributed by atoms with E-state index in [1.54, 1.807) is 7.11 Å². The summed E-state index contributed by atoms with van der Waals surface area (Å²) in [5.74, 6) is 0. The second kappa shape index (κ2) is 20.2. The van der Waals surface area contributed by atoms with Crippen molar-refractivity contribution in [2.24, 2.45) is 5.73 Å². The van der Waals surface area contributed by atoms with E-state index >= 15 is 0 Å². The van der Waals surface area contributed by atoms with Gasteiger partial charge in [0, 0.05) is 13.7 Å². The lowest BCUT2D eigenvalue weighted by Crippen LogP contribution is -2.28. The van der Waals surface area contributed by atoms with E-state index < -0.39 is 11.7 Å². The number of benzene rings is 2. The van der Waals surface area contributed by atoms with E-state index in [1.165, 1.54) is 29.5 Å². The Morgan fingerprint density at radius 1 is 0.892 bits per heavy atom. The largest absolute Gasteiger partial charge is 0.390 e. The summed E-state index contributed by atoms with van der Waals surface area (Å²) in [7, 11) is 3.76. The van der Waals surface area contributed by atoms with E-state index in [0.717, 1.165) is 70.1 Å². The number of methoxy groups -OCH3 is 1. The minimum Gasteiger partial charge on any atom is -0.390 e. The quantitative estimate of drug-likeness (QED) is 0.190. The lowest BCUT2D eigenvalue weighted by Gasteiger charge is -2.27. The van der Waals surface area contributed by atoms with E-state index in [4.69, 9.17) is 10.5 Å². The highest BCUT2D eigenvalue weighted by Crippen LogP contribution is 2.26. The first kappa shape index (κ1) is 33.3. The molecule has 0 spiro atoms. The van der Waals surface area contributed by atoms with Gasteiger partial charge in [-0.2, -0.15) is 0 Å². The molecular formula is C32H54N2O3. The van der Waals surface area contributed by atoms with Crippen LogP contribution in [-0.4, -0.2) is 49.7 Å². The summed E-state index contributed by atoms with van der Waals surface area (Å²) < 4.78 is 5.06. The van der Waals surface area contributed by atoms with E-state index in [0.29, 0.717) is 13.0 Å². The number of ether oxygens (including phenoxy) is 1. The number of hydrogen-bond donors (Lipinski definition) is 4. The molecule has 0 bridgehead atoms. The van der Waals surface area contributed by atoms with Crippen LogP contribution in [0.2, 0.25) is 0 Å². The Kier molecular flexibility index (Phi) is 18.2. The zero-order valence-corrected chi connectivity index (χ0v) is 24.0. The SMILES string of the molecule is CCCC(O)(CCC)CCc1cccc(C(O)CCN)c1.CNCCCc1cccc(CCCOC)c1. The molecule has 5 heteroatoms. The number of nitrogens with two attached hydrogens (primary N) is 1. The minimum atomic E-state index is -0.546. The Morgan fingerprint density at radius 3 is 2.05 bits per heavy atom. The molecule has 5 nitrogen and oxygen atoms in total. The maximum atomic E-state index is 10.7. The van der Waals surface area contributed by atoms with Gasteiger partial charge in [0.2, 0.25) is 0 Å². The Balaban J connectivity index is 0.000000384. The van der Waals surface area contributed by atoms with Crippen molar-refractivity contribution in [1.82, 2.24) is 5.32 Å². The van der Waals surface area contributed by atoms with Gasteiger partial charge in [-0.15, -0.1) is 0 Å². The Labute approximate surface area is 226 Å². The summed E-state index contributed by atoms with van der Waals surface area (Å²) in [6.45, 7) is 6.66. The van der Waals surface area contributed by atoms with Crippen LogP contribution in [0.15, 0.2) is 48.5 Å². The molecule has 0 saturated heterocycles.